The molecule has 2 fully saturated rings. The van der Waals surface area contributed by atoms with E-state index >= 15 is 0 Å². The van der Waals surface area contributed by atoms with Crippen molar-refractivity contribution in [2.75, 3.05) is 24.7 Å². The summed E-state index contributed by atoms with van der Waals surface area (Å²) in [6.45, 7) is 2.14. The highest BCUT2D eigenvalue weighted by molar-refractivity contribution is 7.99. The van der Waals surface area contributed by atoms with Crippen molar-refractivity contribution in [2.45, 2.75) is 25.8 Å². The van der Waals surface area contributed by atoms with Crippen LogP contribution < -0.4 is 0 Å². The molecule has 0 bridgehead atoms. The van der Waals surface area contributed by atoms with Gasteiger partial charge in [0.1, 0.15) is 0 Å². The third kappa shape index (κ3) is 2.83. The van der Waals surface area contributed by atoms with Gasteiger partial charge in [0.15, 0.2) is 5.83 Å². The van der Waals surface area contributed by atoms with Crippen LogP contribution in [0.2, 0.25) is 0 Å². The summed E-state index contributed by atoms with van der Waals surface area (Å²) in [6.07, 6.45) is 1.98. The first-order valence-electron chi connectivity index (χ1n) is 6.01. The molecule has 1 saturated heterocycles. The molecule has 1 amide bonds. The molecule has 1 aliphatic carbocycles. The molecule has 1 N–H and O–H groups in total. The number of thioether (sulfide) groups is 1. The first kappa shape index (κ1) is 12.9. The fourth-order valence-corrected chi connectivity index (χ4v) is 3.11. The maximum atomic E-state index is 14.0. The number of halogens is 1. The molecule has 17 heavy (non-hydrogen) atoms. The number of amides is 1. The van der Waals surface area contributed by atoms with E-state index in [4.69, 9.17) is 0 Å². The predicted octanol–water partition coefficient (Wildman–Crippen LogP) is 1.58. The van der Waals surface area contributed by atoms with Crippen LogP contribution in [0.5, 0.6) is 0 Å². The van der Waals surface area contributed by atoms with Crippen molar-refractivity contribution in [3.05, 3.63) is 11.4 Å². The second-order valence-corrected chi connectivity index (χ2v) is 5.83. The third-order valence-electron chi connectivity index (χ3n) is 3.42. The Labute approximate surface area is 105 Å². The van der Waals surface area contributed by atoms with Gasteiger partial charge in [0.2, 0.25) is 0 Å². The van der Waals surface area contributed by atoms with E-state index in [9.17, 15) is 14.3 Å². The number of aliphatic hydroxyl groups is 1. The summed E-state index contributed by atoms with van der Waals surface area (Å²) in [7, 11) is 0. The summed E-state index contributed by atoms with van der Waals surface area (Å²) < 4.78 is 14.0. The van der Waals surface area contributed by atoms with E-state index in [0.717, 1.165) is 18.6 Å². The van der Waals surface area contributed by atoms with Crippen molar-refractivity contribution in [3.63, 3.8) is 0 Å². The standard InChI is InChI=1S/C12H18FNO2S/c1-8(9-2-3-9)11(13)12(16)14-4-5-17-7-10(14)6-15/h9-10,15H,2-7H2,1H3/b11-8+. The number of rotatable bonds is 3. The van der Waals surface area contributed by atoms with Gasteiger partial charge in [-0.2, -0.15) is 11.8 Å². The Hall–Kier alpha value is -0.550. The van der Waals surface area contributed by atoms with Crippen LogP contribution in [0.15, 0.2) is 11.4 Å². The molecule has 0 aromatic carbocycles. The van der Waals surface area contributed by atoms with E-state index < -0.39 is 11.7 Å². The van der Waals surface area contributed by atoms with Gasteiger partial charge in [-0.25, -0.2) is 4.39 Å². The number of hydrogen-bond donors (Lipinski definition) is 1. The van der Waals surface area contributed by atoms with Crippen molar-refractivity contribution in [1.29, 1.82) is 0 Å². The van der Waals surface area contributed by atoms with Crippen LogP contribution in [-0.2, 0) is 4.79 Å². The molecule has 1 heterocycles. The highest BCUT2D eigenvalue weighted by Gasteiger charge is 2.33. The number of aliphatic hydroxyl groups excluding tert-OH is 1. The van der Waals surface area contributed by atoms with E-state index in [1.807, 2.05) is 0 Å². The minimum Gasteiger partial charge on any atom is -0.394 e. The van der Waals surface area contributed by atoms with Crippen LogP contribution in [0.4, 0.5) is 4.39 Å². The van der Waals surface area contributed by atoms with Gasteiger partial charge in [-0.15, -0.1) is 0 Å². The van der Waals surface area contributed by atoms with Crippen LogP contribution in [0.3, 0.4) is 0 Å². The van der Waals surface area contributed by atoms with Gasteiger partial charge in [0.25, 0.3) is 5.91 Å². The fraction of sp³-hybridized carbons (Fsp3) is 0.750. The number of carbonyl (C=O) groups is 1. The van der Waals surface area contributed by atoms with Crippen molar-refractivity contribution >= 4 is 17.7 Å². The Kier molecular flexibility index (Phi) is 4.09. The Balaban J connectivity index is 2.09. The zero-order chi connectivity index (χ0) is 12.4. The van der Waals surface area contributed by atoms with Crippen molar-refractivity contribution in [1.82, 2.24) is 4.90 Å². The van der Waals surface area contributed by atoms with E-state index in [0.29, 0.717) is 17.9 Å². The SMILES string of the molecule is C/C(=C(\F)C(=O)N1CCSCC1CO)C1CC1. The maximum Gasteiger partial charge on any atom is 0.282 e. The minimum atomic E-state index is -0.599. The molecule has 2 aliphatic rings. The second-order valence-electron chi connectivity index (χ2n) is 4.68. The molecule has 96 valence electrons. The van der Waals surface area contributed by atoms with Gasteiger partial charge in [-0.1, -0.05) is 0 Å². The zero-order valence-corrected chi connectivity index (χ0v) is 10.8. The largest absolute Gasteiger partial charge is 0.394 e. The quantitative estimate of drug-likeness (QED) is 0.782. The lowest BCUT2D eigenvalue weighted by Gasteiger charge is -2.34. The summed E-state index contributed by atoms with van der Waals surface area (Å²) in [4.78, 5) is 13.5. The normalized spacial score (nSPS) is 26.8. The van der Waals surface area contributed by atoms with E-state index in [1.165, 1.54) is 4.90 Å². The summed E-state index contributed by atoms with van der Waals surface area (Å²) in [5.74, 6) is 0.646. The molecule has 0 radical (unpaired) electrons. The smallest absolute Gasteiger partial charge is 0.282 e. The summed E-state index contributed by atoms with van der Waals surface area (Å²) >= 11 is 1.70. The highest BCUT2D eigenvalue weighted by atomic mass is 32.2. The van der Waals surface area contributed by atoms with Crippen LogP contribution in [0, 0.1) is 5.92 Å². The Morgan fingerprint density at radius 3 is 2.82 bits per heavy atom. The third-order valence-corrected chi connectivity index (χ3v) is 4.51. The molecule has 3 nitrogen and oxygen atoms in total. The van der Waals surface area contributed by atoms with Gasteiger partial charge >= 0.3 is 0 Å². The van der Waals surface area contributed by atoms with Crippen LogP contribution in [0.1, 0.15) is 19.8 Å². The van der Waals surface area contributed by atoms with Gasteiger partial charge in [0.05, 0.1) is 12.6 Å². The second kappa shape index (κ2) is 5.40. The van der Waals surface area contributed by atoms with Crippen LogP contribution >= 0.6 is 11.8 Å². The zero-order valence-electron chi connectivity index (χ0n) is 9.99. The van der Waals surface area contributed by atoms with E-state index in [1.54, 1.807) is 18.7 Å². The maximum absolute atomic E-state index is 14.0. The molecule has 0 aromatic rings. The number of allylic oxidation sites excluding steroid dienone is 1. The van der Waals surface area contributed by atoms with Crippen LogP contribution in [0.25, 0.3) is 0 Å². The number of hydrogen-bond acceptors (Lipinski definition) is 3. The molecule has 1 unspecified atom stereocenters. The average molecular weight is 259 g/mol. The lowest BCUT2D eigenvalue weighted by Crippen LogP contribution is -2.48. The average Bonchev–Trinajstić information content (AvgIpc) is 3.20. The van der Waals surface area contributed by atoms with Gasteiger partial charge in [0, 0.05) is 18.1 Å². The molecular formula is C12H18FNO2S. The minimum absolute atomic E-state index is 0.0888. The van der Waals surface area contributed by atoms with Gasteiger partial charge in [-0.05, 0) is 31.3 Å². The van der Waals surface area contributed by atoms with Crippen molar-refractivity contribution in [2.24, 2.45) is 5.92 Å². The molecular weight excluding hydrogens is 241 g/mol. The molecule has 5 heteroatoms. The predicted molar refractivity (Wildman–Crippen MR) is 66.4 cm³/mol. The summed E-state index contributed by atoms with van der Waals surface area (Å²) in [5.41, 5.74) is 0.588. The first-order chi connectivity index (χ1) is 8.15. The Bertz CT molecular complexity index is 341. The van der Waals surface area contributed by atoms with E-state index in [-0.39, 0.29) is 18.6 Å². The van der Waals surface area contributed by atoms with Gasteiger partial charge in [-0.3, -0.25) is 4.79 Å². The number of nitrogens with zero attached hydrogens (tertiary/aromatic N) is 1. The van der Waals surface area contributed by atoms with Crippen molar-refractivity contribution in [3.8, 4) is 0 Å². The first-order valence-corrected chi connectivity index (χ1v) is 7.16. The summed E-state index contributed by atoms with van der Waals surface area (Å²) in [6, 6.07) is -0.237. The lowest BCUT2D eigenvalue weighted by atomic mass is 10.1. The molecule has 1 aliphatic heterocycles. The Morgan fingerprint density at radius 1 is 1.53 bits per heavy atom. The molecule has 2 rings (SSSR count). The topological polar surface area (TPSA) is 40.5 Å². The van der Waals surface area contributed by atoms with E-state index in [2.05, 4.69) is 0 Å². The molecule has 0 aromatic heterocycles. The number of carbonyl (C=O) groups excluding carboxylic acids is 1. The van der Waals surface area contributed by atoms with Crippen molar-refractivity contribution < 1.29 is 14.3 Å². The Morgan fingerprint density at radius 2 is 2.24 bits per heavy atom. The lowest BCUT2D eigenvalue weighted by molar-refractivity contribution is -0.131. The molecule has 1 saturated carbocycles. The summed E-state index contributed by atoms with van der Waals surface area (Å²) in [5, 5.41) is 9.21. The molecule has 0 spiro atoms. The van der Waals surface area contributed by atoms with Gasteiger partial charge < -0.3 is 10.0 Å². The molecule has 1 atom stereocenters. The monoisotopic (exact) mass is 259 g/mol. The highest BCUT2D eigenvalue weighted by Crippen LogP contribution is 2.38. The fourth-order valence-electron chi connectivity index (χ4n) is 2.06. The van der Waals surface area contributed by atoms with Crippen LogP contribution in [-0.4, -0.2) is 46.6 Å².